The summed E-state index contributed by atoms with van der Waals surface area (Å²) in [7, 11) is 0. The Morgan fingerprint density at radius 3 is 2.90 bits per heavy atom. The minimum atomic E-state index is -0.365. The molecular weight excluding hydrogens is 252 g/mol. The van der Waals surface area contributed by atoms with E-state index < -0.39 is 0 Å². The third-order valence-electron chi connectivity index (χ3n) is 4.34. The summed E-state index contributed by atoms with van der Waals surface area (Å²) >= 11 is 0. The fourth-order valence-electron chi connectivity index (χ4n) is 3.44. The van der Waals surface area contributed by atoms with Crippen LogP contribution in [0, 0.1) is 12.3 Å². The minimum absolute atomic E-state index is 0.0994. The molecule has 0 aliphatic heterocycles. The number of aliphatic hydroxyl groups is 1. The van der Waals surface area contributed by atoms with Gasteiger partial charge in [0, 0.05) is 17.0 Å². The van der Waals surface area contributed by atoms with Crippen LogP contribution < -0.4 is 0 Å². The van der Waals surface area contributed by atoms with E-state index in [0.29, 0.717) is 0 Å². The first-order chi connectivity index (χ1) is 9.39. The summed E-state index contributed by atoms with van der Waals surface area (Å²) < 4.78 is 2.28. The molecule has 3 rings (SSSR count). The molecule has 0 spiro atoms. The number of aromatic nitrogens is 4. The number of fused-ring (bicyclic) bond motifs is 1. The molecule has 2 aromatic heterocycles. The van der Waals surface area contributed by atoms with Crippen LogP contribution in [-0.2, 0) is 6.42 Å². The van der Waals surface area contributed by atoms with Gasteiger partial charge >= 0.3 is 0 Å². The number of H-pyrrole nitrogens is 1. The number of aryl methyl sites for hydroxylation is 1. The molecule has 0 saturated carbocycles. The van der Waals surface area contributed by atoms with Crippen molar-refractivity contribution >= 4 is 0 Å². The molecule has 0 radical (unpaired) electrons. The van der Waals surface area contributed by atoms with Crippen molar-refractivity contribution in [3.8, 4) is 0 Å². The van der Waals surface area contributed by atoms with Crippen molar-refractivity contribution < 1.29 is 5.11 Å². The predicted octanol–water partition coefficient (Wildman–Crippen LogP) is 2.53. The number of nitrogens with zero attached hydrogens (tertiary/aromatic N) is 3. The summed E-state index contributed by atoms with van der Waals surface area (Å²) in [5, 5.41) is 17.3. The molecule has 5 nitrogen and oxygen atoms in total. The Hall–Kier alpha value is -1.62. The van der Waals surface area contributed by atoms with E-state index in [-0.39, 0.29) is 17.6 Å². The number of hydrogen-bond acceptors (Lipinski definition) is 3. The summed E-state index contributed by atoms with van der Waals surface area (Å²) in [6.07, 6.45) is 2.97. The van der Waals surface area contributed by atoms with Crippen LogP contribution in [-0.4, -0.2) is 24.9 Å². The van der Waals surface area contributed by atoms with Crippen LogP contribution in [0.25, 0.3) is 0 Å². The largest absolute Gasteiger partial charge is 0.388 e. The zero-order chi connectivity index (χ0) is 14.5. The number of nitrogens with one attached hydrogen (secondary N) is 1. The third kappa shape index (κ3) is 2.06. The van der Waals surface area contributed by atoms with Gasteiger partial charge in [0.2, 0.25) is 0 Å². The van der Waals surface area contributed by atoms with Crippen LogP contribution >= 0.6 is 0 Å². The molecule has 0 aromatic carbocycles. The smallest absolute Gasteiger partial charge is 0.147 e. The molecule has 1 aliphatic rings. The fourth-order valence-corrected chi connectivity index (χ4v) is 3.44. The lowest BCUT2D eigenvalue weighted by molar-refractivity contribution is 0.0977. The second-order valence-corrected chi connectivity index (χ2v) is 6.67. The van der Waals surface area contributed by atoms with Crippen LogP contribution in [0.2, 0.25) is 0 Å². The first kappa shape index (κ1) is 13.4. The molecule has 1 aliphatic carbocycles. The maximum absolute atomic E-state index is 10.4. The molecule has 2 heterocycles. The Kier molecular flexibility index (Phi) is 2.97. The van der Waals surface area contributed by atoms with Crippen molar-refractivity contribution in [1.29, 1.82) is 0 Å². The summed E-state index contributed by atoms with van der Waals surface area (Å²) in [5.74, 6) is 0.851. The highest BCUT2D eigenvalue weighted by Crippen LogP contribution is 2.43. The van der Waals surface area contributed by atoms with Crippen molar-refractivity contribution in [2.75, 3.05) is 0 Å². The average molecular weight is 274 g/mol. The van der Waals surface area contributed by atoms with Gasteiger partial charge in [-0.15, -0.1) is 0 Å². The fraction of sp³-hybridized carbons (Fsp3) is 0.600. The zero-order valence-corrected chi connectivity index (χ0v) is 12.5. The van der Waals surface area contributed by atoms with Crippen molar-refractivity contribution in [3.63, 3.8) is 0 Å². The number of rotatable bonds is 2. The maximum Gasteiger partial charge on any atom is 0.147 e. The molecule has 0 fully saturated rings. The Labute approximate surface area is 119 Å². The Balaban J connectivity index is 2.09. The number of hydrogen-bond donors (Lipinski definition) is 2. The van der Waals surface area contributed by atoms with Gasteiger partial charge in [-0.25, -0.2) is 4.98 Å². The van der Waals surface area contributed by atoms with Gasteiger partial charge in [-0.1, -0.05) is 13.8 Å². The van der Waals surface area contributed by atoms with Gasteiger partial charge in [-0.2, -0.15) is 5.10 Å². The monoisotopic (exact) mass is 274 g/mol. The highest BCUT2D eigenvalue weighted by atomic mass is 16.3. The van der Waals surface area contributed by atoms with Gasteiger partial charge in [0.25, 0.3) is 0 Å². The molecule has 2 aromatic rings. The normalized spacial score (nSPS) is 22.6. The molecule has 2 atom stereocenters. The topological polar surface area (TPSA) is 66.7 Å². The molecule has 108 valence electrons. The predicted molar refractivity (Wildman–Crippen MR) is 76.4 cm³/mol. The molecule has 20 heavy (non-hydrogen) atoms. The lowest BCUT2D eigenvalue weighted by atomic mass is 9.75. The number of aliphatic hydroxyl groups excluding tert-OH is 1. The van der Waals surface area contributed by atoms with Gasteiger partial charge in [0.15, 0.2) is 0 Å². The molecular formula is C15H22N4O. The van der Waals surface area contributed by atoms with Gasteiger partial charge in [-0.3, -0.25) is 5.10 Å². The SMILES string of the molecule is Cc1cc2c(n1C(C)c1ncn[nH]1)CC(C)(C)CC2O. The van der Waals surface area contributed by atoms with E-state index in [9.17, 15) is 5.11 Å². The minimum Gasteiger partial charge on any atom is -0.388 e. The quantitative estimate of drug-likeness (QED) is 0.884. The number of aromatic amines is 1. The first-order valence-corrected chi connectivity index (χ1v) is 7.13. The molecule has 0 bridgehead atoms. The van der Waals surface area contributed by atoms with Crippen molar-refractivity contribution in [1.82, 2.24) is 19.7 Å². The van der Waals surface area contributed by atoms with Crippen LogP contribution in [0.5, 0.6) is 0 Å². The molecule has 5 heteroatoms. The van der Waals surface area contributed by atoms with Gasteiger partial charge in [0.05, 0.1) is 12.1 Å². The molecule has 0 amide bonds. The molecule has 2 unspecified atom stereocenters. The van der Waals surface area contributed by atoms with Gasteiger partial charge in [-0.05, 0) is 38.2 Å². The lowest BCUT2D eigenvalue weighted by Gasteiger charge is -2.34. The molecule has 2 N–H and O–H groups in total. The first-order valence-electron chi connectivity index (χ1n) is 7.13. The Morgan fingerprint density at radius 1 is 1.50 bits per heavy atom. The second kappa shape index (κ2) is 4.45. The van der Waals surface area contributed by atoms with E-state index in [2.05, 4.69) is 53.5 Å². The Morgan fingerprint density at radius 2 is 2.25 bits per heavy atom. The van der Waals surface area contributed by atoms with E-state index in [4.69, 9.17) is 0 Å². The molecule has 0 saturated heterocycles. The van der Waals surface area contributed by atoms with Crippen LogP contribution in [0.1, 0.15) is 62.1 Å². The summed E-state index contributed by atoms with van der Waals surface area (Å²) in [4.78, 5) is 4.27. The van der Waals surface area contributed by atoms with Crippen molar-refractivity contribution in [2.45, 2.75) is 52.7 Å². The highest BCUT2D eigenvalue weighted by Gasteiger charge is 2.35. The van der Waals surface area contributed by atoms with Crippen LogP contribution in [0.15, 0.2) is 12.4 Å². The van der Waals surface area contributed by atoms with E-state index in [1.54, 1.807) is 0 Å². The lowest BCUT2D eigenvalue weighted by Crippen LogP contribution is -2.28. The van der Waals surface area contributed by atoms with E-state index in [1.165, 1.54) is 12.0 Å². The summed E-state index contributed by atoms with van der Waals surface area (Å²) in [5.41, 5.74) is 3.59. The zero-order valence-electron chi connectivity index (χ0n) is 12.5. The summed E-state index contributed by atoms with van der Waals surface area (Å²) in [6, 6.07) is 2.21. The standard InChI is InChI=1S/C15H22N4O/c1-9-5-11-12(6-15(3,4)7-13(11)20)19(9)10(2)14-16-8-17-18-14/h5,8,10,13,20H,6-7H2,1-4H3,(H,16,17,18). The van der Waals surface area contributed by atoms with Crippen molar-refractivity contribution in [3.05, 3.63) is 35.2 Å². The van der Waals surface area contributed by atoms with Crippen LogP contribution in [0.3, 0.4) is 0 Å². The van der Waals surface area contributed by atoms with E-state index in [0.717, 1.165) is 29.9 Å². The van der Waals surface area contributed by atoms with Crippen LogP contribution in [0.4, 0.5) is 0 Å². The van der Waals surface area contributed by atoms with Gasteiger partial charge in [0.1, 0.15) is 12.2 Å². The second-order valence-electron chi connectivity index (χ2n) is 6.67. The average Bonchev–Trinajstić information content (AvgIpc) is 2.94. The van der Waals surface area contributed by atoms with E-state index >= 15 is 0 Å². The Bertz CT molecular complexity index is 612. The third-order valence-corrected chi connectivity index (χ3v) is 4.34. The highest BCUT2D eigenvalue weighted by molar-refractivity contribution is 5.34. The summed E-state index contributed by atoms with van der Waals surface area (Å²) in [6.45, 7) is 8.63. The van der Waals surface area contributed by atoms with Gasteiger partial charge < -0.3 is 9.67 Å². The van der Waals surface area contributed by atoms with E-state index in [1.807, 2.05) is 0 Å². The van der Waals surface area contributed by atoms with Crippen molar-refractivity contribution in [2.24, 2.45) is 5.41 Å². The maximum atomic E-state index is 10.4.